The number of methoxy groups -OCH3 is 2. The third-order valence-corrected chi connectivity index (χ3v) is 2.50. The summed E-state index contributed by atoms with van der Waals surface area (Å²) in [5.74, 6) is 0.332. The number of aromatic nitrogens is 3. The van der Waals surface area contributed by atoms with Gasteiger partial charge in [0.1, 0.15) is 5.75 Å². The van der Waals surface area contributed by atoms with Crippen LogP contribution in [-0.4, -0.2) is 35.2 Å². The number of benzene rings is 1. The summed E-state index contributed by atoms with van der Waals surface area (Å²) in [6.07, 6.45) is 1.38. The molecule has 0 saturated heterocycles. The Morgan fingerprint density at radius 1 is 1.28 bits per heavy atom. The molecule has 0 radical (unpaired) electrons. The Hall–Kier alpha value is -2.37. The fraction of sp³-hybridized carbons (Fsp3) is 0.250. The highest BCUT2D eigenvalue weighted by molar-refractivity contribution is 5.86. The van der Waals surface area contributed by atoms with Crippen molar-refractivity contribution in [2.75, 3.05) is 14.2 Å². The molecule has 0 fully saturated rings. The summed E-state index contributed by atoms with van der Waals surface area (Å²) in [5.41, 5.74) is 1.32. The monoisotopic (exact) mass is 247 g/mol. The van der Waals surface area contributed by atoms with Crippen LogP contribution in [0.3, 0.4) is 0 Å². The normalized spacial score (nSPS) is 10.1. The van der Waals surface area contributed by atoms with E-state index < -0.39 is 5.97 Å². The molecule has 0 aliphatic heterocycles. The van der Waals surface area contributed by atoms with Crippen molar-refractivity contribution in [3.05, 3.63) is 41.7 Å². The van der Waals surface area contributed by atoms with Crippen molar-refractivity contribution in [1.82, 2.24) is 15.0 Å². The lowest BCUT2D eigenvalue weighted by Gasteiger charge is -2.05. The van der Waals surface area contributed by atoms with Gasteiger partial charge in [0.25, 0.3) is 0 Å². The molecule has 1 heterocycles. The van der Waals surface area contributed by atoms with Gasteiger partial charge in [-0.25, -0.2) is 9.48 Å². The number of hydrogen-bond acceptors (Lipinski definition) is 5. The van der Waals surface area contributed by atoms with Gasteiger partial charge in [0.05, 0.1) is 27.0 Å². The van der Waals surface area contributed by atoms with Crippen molar-refractivity contribution >= 4 is 5.97 Å². The first-order valence-corrected chi connectivity index (χ1v) is 5.34. The van der Waals surface area contributed by atoms with Crippen LogP contribution in [0.1, 0.15) is 16.1 Å². The van der Waals surface area contributed by atoms with Crippen molar-refractivity contribution in [1.29, 1.82) is 0 Å². The number of carbonyl (C=O) groups excluding carboxylic acids is 1. The zero-order chi connectivity index (χ0) is 13.0. The lowest BCUT2D eigenvalue weighted by atomic mass is 10.2. The standard InChI is InChI=1S/C12H13N3O3/c1-17-10-5-3-9(4-6-10)8-15-11(7-13-14-15)12(16)18-2/h3-7H,8H2,1-2H3. The van der Waals surface area contributed by atoms with Gasteiger partial charge in [-0.05, 0) is 17.7 Å². The Bertz CT molecular complexity index is 534. The molecular formula is C12H13N3O3. The van der Waals surface area contributed by atoms with Crippen LogP contribution in [0, 0.1) is 0 Å². The van der Waals surface area contributed by atoms with E-state index in [-0.39, 0.29) is 0 Å². The number of esters is 1. The molecule has 94 valence electrons. The fourth-order valence-corrected chi connectivity index (χ4v) is 1.54. The molecule has 1 aromatic carbocycles. The third-order valence-electron chi connectivity index (χ3n) is 2.50. The summed E-state index contributed by atoms with van der Waals surface area (Å²) in [5, 5.41) is 7.57. The maximum Gasteiger partial charge on any atom is 0.358 e. The second-order valence-corrected chi connectivity index (χ2v) is 3.62. The molecular weight excluding hydrogens is 234 g/mol. The van der Waals surface area contributed by atoms with E-state index in [4.69, 9.17) is 4.74 Å². The van der Waals surface area contributed by atoms with Crippen LogP contribution in [0.15, 0.2) is 30.5 Å². The van der Waals surface area contributed by atoms with Crippen molar-refractivity contribution < 1.29 is 14.3 Å². The highest BCUT2D eigenvalue weighted by Crippen LogP contribution is 2.12. The predicted molar refractivity (Wildman–Crippen MR) is 63.5 cm³/mol. The van der Waals surface area contributed by atoms with Crippen molar-refractivity contribution in [3.8, 4) is 5.75 Å². The Balaban J connectivity index is 2.18. The summed E-state index contributed by atoms with van der Waals surface area (Å²) in [6.45, 7) is 0.453. The first kappa shape index (κ1) is 12.1. The van der Waals surface area contributed by atoms with Gasteiger partial charge >= 0.3 is 5.97 Å². The maximum absolute atomic E-state index is 11.4. The number of nitrogens with zero attached hydrogens (tertiary/aromatic N) is 3. The summed E-state index contributed by atoms with van der Waals surface area (Å²) in [6, 6.07) is 7.51. The van der Waals surface area contributed by atoms with Gasteiger partial charge in [0.15, 0.2) is 5.69 Å². The molecule has 0 bridgehead atoms. The van der Waals surface area contributed by atoms with Crippen LogP contribution in [0.25, 0.3) is 0 Å². The lowest BCUT2D eigenvalue weighted by Crippen LogP contribution is -2.12. The summed E-state index contributed by atoms with van der Waals surface area (Å²) >= 11 is 0. The first-order valence-electron chi connectivity index (χ1n) is 5.34. The van der Waals surface area contributed by atoms with Crippen molar-refractivity contribution in [2.45, 2.75) is 6.54 Å². The van der Waals surface area contributed by atoms with Crippen LogP contribution in [0.4, 0.5) is 0 Å². The second-order valence-electron chi connectivity index (χ2n) is 3.62. The molecule has 0 N–H and O–H groups in total. The van der Waals surface area contributed by atoms with Crippen molar-refractivity contribution in [3.63, 3.8) is 0 Å². The quantitative estimate of drug-likeness (QED) is 0.757. The molecule has 0 unspecified atom stereocenters. The van der Waals surface area contributed by atoms with Gasteiger partial charge in [-0.3, -0.25) is 0 Å². The molecule has 2 rings (SSSR count). The Morgan fingerprint density at radius 3 is 2.61 bits per heavy atom. The molecule has 0 aliphatic rings. The number of carbonyl (C=O) groups is 1. The van der Waals surface area contributed by atoms with Gasteiger partial charge < -0.3 is 9.47 Å². The van der Waals surface area contributed by atoms with Crippen LogP contribution in [0.5, 0.6) is 5.75 Å². The molecule has 18 heavy (non-hydrogen) atoms. The van der Waals surface area contributed by atoms with Gasteiger partial charge in [0.2, 0.25) is 0 Å². The molecule has 0 spiro atoms. The van der Waals surface area contributed by atoms with E-state index in [1.165, 1.54) is 18.0 Å². The molecule has 0 amide bonds. The van der Waals surface area contributed by atoms with Gasteiger partial charge in [-0.15, -0.1) is 5.10 Å². The molecule has 2 aromatic rings. The molecule has 0 saturated carbocycles. The molecule has 6 heteroatoms. The SMILES string of the molecule is COC(=O)c1cnnn1Cc1ccc(OC)cc1. The van der Waals surface area contributed by atoms with Crippen LogP contribution in [-0.2, 0) is 11.3 Å². The Morgan fingerprint density at radius 2 is 2.00 bits per heavy atom. The van der Waals surface area contributed by atoms with Gasteiger partial charge in [-0.2, -0.15) is 0 Å². The highest BCUT2D eigenvalue weighted by atomic mass is 16.5. The van der Waals surface area contributed by atoms with Crippen LogP contribution in [0.2, 0.25) is 0 Å². The fourth-order valence-electron chi connectivity index (χ4n) is 1.54. The smallest absolute Gasteiger partial charge is 0.358 e. The minimum Gasteiger partial charge on any atom is -0.497 e. The number of hydrogen-bond donors (Lipinski definition) is 0. The van der Waals surface area contributed by atoms with E-state index >= 15 is 0 Å². The predicted octanol–water partition coefficient (Wildman–Crippen LogP) is 1.12. The van der Waals surface area contributed by atoms with Crippen molar-refractivity contribution in [2.24, 2.45) is 0 Å². The largest absolute Gasteiger partial charge is 0.497 e. The van der Waals surface area contributed by atoms with Gasteiger partial charge in [0, 0.05) is 0 Å². The van der Waals surface area contributed by atoms with Gasteiger partial charge in [-0.1, -0.05) is 17.3 Å². The minimum absolute atomic E-state index is 0.327. The van der Waals surface area contributed by atoms with E-state index in [9.17, 15) is 4.79 Å². The molecule has 1 aromatic heterocycles. The topological polar surface area (TPSA) is 66.2 Å². The average molecular weight is 247 g/mol. The Labute approximate surface area is 104 Å². The number of ether oxygens (including phenoxy) is 2. The average Bonchev–Trinajstić information content (AvgIpc) is 2.87. The van der Waals surface area contributed by atoms with E-state index in [1.54, 1.807) is 7.11 Å². The van der Waals surface area contributed by atoms with E-state index in [0.29, 0.717) is 12.2 Å². The van der Waals surface area contributed by atoms with Crippen LogP contribution < -0.4 is 4.74 Å². The minimum atomic E-state index is -0.450. The summed E-state index contributed by atoms with van der Waals surface area (Å²) in [4.78, 5) is 11.4. The molecule has 0 aliphatic carbocycles. The molecule has 6 nitrogen and oxygen atoms in total. The Kier molecular flexibility index (Phi) is 3.57. The van der Waals surface area contributed by atoms with Crippen LogP contribution >= 0.6 is 0 Å². The molecule has 0 atom stereocenters. The third kappa shape index (κ3) is 2.48. The highest BCUT2D eigenvalue weighted by Gasteiger charge is 2.13. The maximum atomic E-state index is 11.4. The lowest BCUT2D eigenvalue weighted by molar-refractivity contribution is 0.0587. The first-order chi connectivity index (χ1) is 8.74. The second kappa shape index (κ2) is 5.31. The zero-order valence-electron chi connectivity index (χ0n) is 10.2. The van der Waals surface area contributed by atoms with E-state index in [1.807, 2.05) is 24.3 Å². The number of rotatable bonds is 4. The summed E-state index contributed by atoms with van der Waals surface area (Å²) < 4.78 is 11.2. The summed E-state index contributed by atoms with van der Waals surface area (Å²) in [7, 11) is 2.94. The van der Waals surface area contributed by atoms with E-state index in [2.05, 4.69) is 15.0 Å². The zero-order valence-corrected chi connectivity index (χ0v) is 10.2. The van der Waals surface area contributed by atoms with E-state index in [0.717, 1.165) is 11.3 Å².